The van der Waals surface area contributed by atoms with E-state index in [4.69, 9.17) is 0 Å². The van der Waals surface area contributed by atoms with E-state index in [9.17, 15) is 9.59 Å². The van der Waals surface area contributed by atoms with Gasteiger partial charge in [-0.3, -0.25) is 14.0 Å². The first kappa shape index (κ1) is 19.0. The molecule has 0 spiro atoms. The Kier molecular flexibility index (Phi) is 8.47. The van der Waals surface area contributed by atoms with Crippen LogP contribution < -0.4 is 16.2 Å². The number of nitrogens with one attached hydrogen (secondary N) is 2. The van der Waals surface area contributed by atoms with Crippen LogP contribution in [0.3, 0.4) is 0 Å². The van der Waals surface area contributed by atoms with E-state index in [-0.39, 0.29) is 23.9 Å². The van der Waals surface area contributed by atoms with Crippen LogP contribution in [0.5, 0.6) is 0 Å². The van der Waals surface area contributed by atoms with Gasteiger partial charge in [0.1, 0.15) is 0 Å². The van der Waals surface area contributed by atoms with Gasteiger partial charge in [-0.1, -0.05) is 0 Å². The summed E-state index contributed by atoms with van der Waals surface area (Å²) in [6.07, 6.45) is 2.63. The molecule has 2 rings (SSSR count). The third-order valence-electron chi connectivity index (χ3n) is 2.77. The summed E-state index contributed by atoms with van der Waals surface area (Å²) in [7, 11) is 1.89. The van der Waals surface area contributed by atoms with Gasteiger partial charge in [0.2, 0.25) is 5.91 Å². The summed E-state index contributed by atoms with van der Waals surface area (Å²) < 4.78 is 1.52. The molecule has 0 aromatic carbocycles. The fourth-order valence-corrected chi connectivity index (χ4v) is 3.24. The number of thiazole rings is 1. The van der Waals surface area contributed by atoms with Crippen molar-refractivity contribution in [1.29, 1.82) is 0 Å². The minimum absolute atomic E-state index is 0. The molecule has 22 heavy (non-hydrogen) atoms. The minimum Gasteiger partial charge on any atom is -0.355 e. The first-order chi connectivity index (χ1) is 10.2. The van der Waals surface area contributed by atoms with Crippen LogP contribution in [0.25, 0.3) is 4.96 Å². The molecule has 0 unspecified atom stereocenters. The Labute approximate surface area is 143 Å². The SMILES string of the molecule is CNCCCNC(=O)CSCc1cc(=O)n2ccsc2n1.Cl. The van der Waals surface area contributed by atoms with Crippen molar-refractivity contribution in [1.82, 2.24) is 20.0 Å². The van der Waals surface area contributed by atoms with Crippen LogP contribution in [-0.4, -0.2) is 41.2 Å². The fraction of sp³-hybridized carbons (Fsp3) is 0.462. The quantitative estimate of drug-likeness (QED) is 0.689. The van der Waals surface area contributed by atoms with Gasteiger partial charge >= 0.3 is 0 Å². The standard InChI is InChI=1S/C13H18N4O2S2.ClH/c1-14-3-2-4-15-11(18)9-20-8-10-7-12(19)17-5-6-21-13(17)16-10;/h5-7,14H,2-4,8-9H2,1H3,(H,15,18);1H. The Bertz CT molecular complexity index is 659. The summed E-state index contributed by atoms with van der Waals surface area (Å²) >= 11 is 2.89. The second kappa shape index (κ2) is 9.83. The van der Waals surface area contributed by atoms with Crippen molar-refractivity contribution >= 4 is 46.4 Å². The van der Waals surface area contributed by atoms with E-state index < -0.39 is 0 Å². The number of fused-ring (bicyclic) bond motifs is 1. The molecule has 0 aliphatic carbocycles. The Hall–Kier alpha value is -1.09. The highest BCUT2D eigenvalue weighted by molar-refractivity contribution is 7.99. The van der Waals surface area contributed by atoms with Crippen molar-refractivity contribution in [2.75, 3.05) is 25.9 Å². The molecular weight excluding hydrogens is 344 g/mol. The first-order valence-electron chi connectivity index (χ1n) is 6.65. The topological polar surface area (TPSA) is 75.5 Å². The van der Waals surface area contributed by atoms with Crippen LogP contribution in [0.4, 0.5) is 0 Å². The highest BCUT2D eigenvalue weighted by atomic mass is 35.5. The second-order valence-electron chi connectivity index (χ2n) is 4.44. The zero-order chi connectivity index (χ0) is 15.1. The number of aromatic nitrogens is 2. The predicted molar refractivity (Wildman–Crippen MR) is 94.3 cm³/mol. The molecule has 0 fully saturated rings. The molecule has 0 radical (unpaired) electrons. The number of hydrogen-bond acceptors (Lipinski definition) is 6. The number of halogens is 1. The molecule has 9 heteroatoms. The second-order valence-corrected chi connectivity index (χ2v) is 6.30. The maximum atomic E-state index is 11.8. The predicted octanol–water partition coefficient (Wildman–Crippen LogP) is 1.14. The maximum absolute atomic E-state index is 11.8. The van der Waals surface area contributed by atoms with Gasteiger partial charge in [0, 0.05) is 29.9 Å². The van der Waals surface area contributed by atoms with Gasteiger partial charge in [-0.05, 0) is 20.0 Å². The van der Waals surface area contributed by atoms with Crippen LogP contribution >= 0.6 is 35.5 Å². The molecule has 2 aromatic heterocycles. The molecule has 0 saturated heterocycles. The normalized spacial score (nSPS) is 10.4. The molecule has 0 saturated carbocycles. The molecule has 0 aliphatic heterocycles. The molecular formula is C13H19ClN4O2S2. The van der Waals surface area contributed by atoms with Crippen molar-refractivity contribution in [2.45, 2.75) is 12.2 Å². The van der Waals surface area contributed by atoms with Crippen molar-refractivity contribution in [3.05, 3.63) is 33.7 Å². The molecule has 2 heterocycles. The summed E-state index contributed by atoms with van der Waals surface area (Å²) in [6, 6.07) is 1.53. The summed E-state index contributed by atoms with van der Waals surface area (Å²) in [6.45, 7) is 1.57. The Morgan fingerprint density at radius 1 is 1.45 bits per heavy atom. The highest BCUT2D eigenvalue weighted by Crippen LogP contribution is 2.12. The zero-order valence-corrected chi connectivity index (χ0v) is 14.7. The van der Waals surface area contributed by atoms with E-state index in [0.717, 1.165) is 18.7 Å². The molecule has 0 aliphatic rings. The number of amides is 1. The smallest absolute Gasteiger partial charge is 0.258 e. The summed E-state index contributed by atoms with van der Waals surface area (Å²) in [5, 5.41) is 7.72. The Balaban J connectivity index is 0.00000242. The molecule has 2 N–H and O–H groups in total. The number of nitrogens with zero attached hydrogens (tertiary/aromatic N) is 2. The van der Waals surface area contributed by atoms with Crippen molar-refractivity contribution in [3.63, 3.8) is 0 Å². The lowest BCUT2D eigenvalue weighted by Crippen LogP contribution is -2.28. The number of hydrogen-bond donors (Lipinski definition) is 2. The van der Waals surface area contributed by atoms with Gasteiger partial charge in [0.05, 0.1) is 11.4 Å². The van der Waals surface area contributed by atoms with E-state index in [2.05, 4.69) is 15.6 Å². The highest BCUT2D eigenvalue weighted by Gasteiger charge is 2.05. The van der Waals surface area contributed by atoms with Crippen LogP contribution in [0.2, 0.25) is 0 Å². The summed E-state index contributed by atoms with van der Waals surface area (Å²) in [4.78, 5) is 28.5. The van der Waals surface area contributed by atoms with Crippen LogP contribution in [0, 0.1) is 0 Å². The van der Waals surface area contributed by atoms with Crippen molar-refractivity contribution in [2.24, 2.45) is 0 Å². The van der Waals surface area contributed by atoms with E-state index in [1.165, 1.54) is 33.6 Å². The lowest BCUT2D eigenvalue weighted by molar-refractivity contribution is -0.118. The lowest BCUT2D eigenvalue weighted by atomic mass is 10.4. The van der Waals surface area contributed by atoms with E-state index in [1.807, 2.05) is 12.4 Å². The fourth-order valence-electron chi connectivity index (χ4n) is 1.75. The Morgan fingerprint density at radius 2 is 2.27 bits per heavy atom. The number of carbonyl (C=O) groups is 1. The van der Waals surface area contributed by atoms with Crippen LogP contribution in [0.1, 0.15) is 12.1 Å². The van der Waals surface area contributed by atoms with E-state index >= 15 is 0 Å². The van der Waals surface area contributed by atoms with Gasteiger partial charge in [-0.2, -0.15) is 0 Å². The molecule has 6 nitrogen and oxygen atoms in total. The average molecular weight is 363 g/mol. The molecule has 122 valence electrons. The maximum Gasteiger partial charge on any atom is 0.258 e. The van der Waals surface area contributed by atoms with Crippen LogP contribution in [-0.2, 0) is 10.5 Å². The largest absolute Gasteiger partial charge is 0.355 e. The molecule has 1 amide bonds. The van der Waals surface area contributed by atoms with Gasteiger partial charge in [0.15, 0.2) is 4.96 Å². The van der Waals surface area contributed by atoms with Gasteiger partial charge in [-0.15, -0.1) is 35.5 Å². The number of carbonyl (C=O) groups excluding carboxylic acids is 1. The summed E-state index contributed by atoms with van der Waals surface area (Å²) in [5.41, 5.74) is 0.642. The number of thioether (sulfide) groups is 1. The third kappa shape index (κ3) is 5.60. The van der Waals surface area contributed by atoms with E-state index in [0.29, 0.717) is 23.0 Å². The summed E-state index contributed by atoms with van der Waals surface area (Å²) in [5.74, 6) is 0.962. The number of rotatable bonds is 8. The monoisotopic (exact) mass is 362 g/mol. The zero-order valence-electron chi connectivity index (χ0n) is 12.2. The van der Waals surface area contributed by atoms with Gasteiger partial charge < -0.3 is 10.6 Å². The lowest BCUT2D eigenvalue weighted by Gasteiger charge is -2.05. The molecule has 0 bridgehead atoms. The van der Waals surface area contributed by atoms with Crippen LogP contribution in [0.15, 0.2) is 22.4 Å². The molecule has 2 aromatic rings. The van der Waals surface area contributed by atoms with Crippen molar-refractivity contribution in [3.8, 4) is 0 Å². The molecule has 0 atom stereocenters. The van der Waals surface area contributed by atoms with Gasteiger partial charge in [0.25, 0.3) is 5.56 Å². The van der Waals surface area contributed by atoms with E-state index in [1.54, 1.807) is 6.20 Å². The van der Waals surface area contributed by atoms with Gasteiger partial charge in [-0.25, -0.2) is 4.98 Å². The minimum atomic E-state index is -0.0756. The van der Waals surface area contributed by atoms with Crippen molar-refractivity contribution < 1.29 is 4.79 Å². The Morgan fingerprint density at radius 3 is 3.05 bits per heavy atom. The first-order valence-corrected chi connectivity index (χ1v) is 8.69. The average Bonchev–Trinajstić information content (AvgIpc) is 2.92. The third-order valence-corrected chi connectivity index (χ3v) is 4.49.